The molecule has 0 bridgehead atoms. The van der Waals surface area contributed by atoms with Crippen LogP contribution in [0.1, 0.15) is 12.0 Å². The molecule has 3 nitrogen and oxygen atoms in total. The maximum absolute atomic E-state index is 13.6. The molecule has 1 unspecified atom stereocenters. The van der Waals surface area contributed by atoms with Crippen molar-refractivity contribution >= 4 is 17.6 Å². The van der Waals surface area contributed by atoms with Crippen molar-refractivity contribution < 1.29 is 13.9 Å². The summed E-state index contributed by atoms with van der Waals surface area (Å²) < 4.78 is 18.3. The summed E-state index contributed by atoms with van der Waals surface area (Å²) in [5, 5.41) is 0.394. The number of hydrogen-bond donors (Lipinski definition) is 0. The lowest BCUT2D eigenvalue weighted by atomic mass is 10.1. The number of nitrogens with zero attached hydrogens (tertiary/aromatic N) is 1. The zero-order valence-electron chi connectivity index (χ0n) is 10.2. The normalized spacial score (nSPS) is 20.1. The third-order valence-corrected chi connectivity index (χ3v) is 3.45. The second-order valence-corrected chi connectivity index (χ2v) is 4.92. The lowest BCUT2D eigenvalue weighted by Crippen LogP contribution is -2.24. The molecule has 0 N–H and O–H groups in total. The van der Waals surface area contributed by atoms with E-state index in [-0.39, 0.29) is 17.7 Å². The number of esters is 1. The molecule has 0 aromatic heterocycles. The second-order valence-electron chi connectivity index (χ2n) is 4.48. The van der Waals surface area contributed by atoms with Gasteiger partial charge in [-0.1, -0.05) is 17.7 Å². The van der Waals surface area contributed by atoms with Gasteiger partial charge in [-0.05, 0) is 25.1 Å². The number of benzene rings is 1. The van der Waals surface area contributed by atoms with Gasteiger partial charge in [0.2, 0.25) is 0 Å². The lowest BCUT2D eigenvalue weighted by molar-refractivity contribution is -0.144. The van der Waals surface area contributed by atoms with Crippen LogP contribution in [0.2, 0.25) is 5.02 Å². The van der Waals surface area contributed by atoms with Gasteiger partial charge in [0.05, 0.1) is 13.0 Å². The standard InChI is InChI=1S/C13H15ClFNO2/c1-18-13(17)10-4-5-16(8-10)7-9-2-3-11(14)6-12(9)15/h2-3,6,10H,4-5,7-8H2,1H3. The molecular formula is C13H15ClFNO2. The summed E-state index contributed by atoms with van der Waals surface area (Å²) in [5.41, 5.74) is 0.602. The highest BCUT2D eigenvalue weighted by molar-refractivity contribution is 6.30. The maximum Gasteiger partial charge on any atom is 0.310 e. The number of likely N-dealkylation sites (tertiary alicyclic amines) is 1. The van der Waals surface area contributed by atoms with Crippen LogP contribution in [0.3, 0.4) is 0 Å². The number of hydrogen-bond acceptors (Lipinski definition) is 3. The quantitative estimate of drug-likeness (QED) is 0.791. The Morgan fingerprint density at radius 2 is 2.39 bits per heavy atom. The van der Waals surface area contributed by atoms with Gasteiger partial charge in [0, 0.05) is 23.7 Å². The topological polar surface area (TPSA) is 29.5 Å². The van der Waals surface area contributed by atoms with Crippen molar-refractivity contribution in [1.29, 1.82) is 0 Å². The van der Waals surface area contributed by atoms with Crippen LogP contribution in [0.25, 0.3) is 0 Å². The van der Waals surface area contributed by atoms with Crippen molar-refractivity contribution in [3.05, 3.63) is 34.6 Å². The van der Waals surface area contributed by atoms with Crippen molar-refractivity contribution in [2.45, 2.75) is 13.0 Å². The van der Waals surface area contributed by atoms with Gasteiger partial charge in [-0.15, -0.1) is 0 Å². The molecule has 2 rings (SSSR count). The summed E-state index contributed by atoms with van der Waals surface area (Å²) >= 11 is 5.70. The molecule has 1 aliphatic heterocycles. The van der Waals surface area contributed by atoms with Gasteiger partial charge in [-0.25, -0.2) is 4.39 Å². The Bertz CT molecular complexity index is 453. The van der Waals surface area contributed by atoms with E-state index in [0.29, 0.717) is 23.7 Å². The molecule has 1 heterocycles. The SMILES string of the molecule is COC(=O)C1CCN(Cc2ccc(Cl)cc2F)C1. The molecule has 0 aliphatic carbocycles. The van der Waals surface area contributed by atoms with E-state index >= 15 is 0 Å². The molecule has 1 aromatic carbocycles. The van der Waals surface area contributed by atoms with Crippen molar-refractivity contribution in [3.8, 4) is 0 Å². The summed E-state index contributed by atoms with van der Waals surface area (Å²) in [6.45, 7) is 1.90. The summed E-state index contributed by atoms with van der Waals surface area (Å²) in [5.74, 6) is -0.580. The molecule has 0 amide bonds. The maximum atomic E-state index is 13.6. The first-order valence-corrected chi connectivity index (χ1v) is 6.22. The van der Waals surface area contributed by atoms with E-state index in [0.717, 1.165) is 13.0 Å². The number of carbonyl (C=O) groups is 1. The highest BCUT2D eigenvalue weighted by Crippen LogP contribution is 2.22. The van der Waals surface area contributed by atoms with E-state index in [1.165, 1.54) is 13.2 Å². The zero-order valence-corrected chi connectivity index (χ0v) is 10.9. The van der Waals surface area contributed by atoms with Crippen LogP contribution in [0.4, 0.5) is 4.39 Å². The molecular weight excluding hydrogens is 257 g/mol. The van der Waals surface area contributed by atoms with Gasteiger partial charge < -0.3 is 4.74 Å². The molecule has 1 atom stereocenters. The van der Waals surface area contributed by atoms with Crippen LogP contribution in [0.15, 0.2) is 18.2 Å². The number of rotatable bonds is 3. The van der Waals surface area contributed by atoms with Crippen LogP contribution in [-0.2, 0) is 16.1 Å². The minimum absolute atomic E-state index is 0.0923. The Labute approximate surface area is 110 Å². The van der Waals surface area contributed by atoms with E-state index in [1.54, 1.807) is 12.1 Å². The molecule has 18 heavy (non-hydrogen) atoms. The van der Waals surface area contributed by atoms with Gasteiger partial charge in [0.1, 0.15) is 5.82 Å². The molecule has 1 saturated heterocycles. The molecule has 0 radical (unpaired) electrons. The van der Waals surface area contributed by atoms with E-state index < -0.39 is 0 Å². The molecule has 98 valence electrons. The number of halogens is 2. The average molecular weight is 272 g/mol. The van der Waals surface area contributed by atoms with Crippen molar-refractivity contribution in [2.24, 2.45) is 5.92 Å². The minimum Gasteiger partial charge on any atom is -0.469 e. The fourth-order valence-corrected chi connectivity index (χ4v) is 2.38. The lowest BCUT2D eigenvalue weighted by Gasteiger charge is -2.16. The van der Waals surface area contributed by atoms with E-state index in [1.807, 2.05) is 4.90 Å². The van der Waals surface area contributed by atoms with Crippen molar-refractivity contribution in [3.63, 3.8) is 0 Å². The van der Waals surface area contributed by atoms with Gasteiger partial charge in [0.15, 0.2) is 0 Å². The zero-order chi connectivity index (χ0) is 13.1. The molecule has 5 heteroatoms. The average Bonchev–Trinajstić information content (AvgIpc) is 2.80. The van der Waals surface area contributed by atoms with E-state index in [9.17, 15) is 9.18 Å². The Kier molecular flexibility index (Phi) is 4.19. The Morgan fingerprint density at radius 3 is 3.06 bits per heavy atom. The smallest absolute Gasteiger partial charge is 0.310 e. The number of methoxy groups -OCH3 is 1. The van der Waals surface area contributed by atoms with Gasteiger partial charge in [-0.2, -0.15) is 0 Å². The molecule has 1 aromatic rings. The van der Waals surface area contributed by atoms with Gasteiger partial charge >= 0.3 is 5.97 Å². The third kappa shape index (κ3) is 3.00. The first-order valence-electron chi connectivity index (χ1n) is 5.84. The van der Waals surface area contributed by atoms with Crippen LogP contribution in [0.5, 0.6) is 0 Å². The summed E-state index contributed by atoms with van der Waals surface area (Å²) in [6.07, 6.45) is 0.766. The monoisotopic (exact) mass is 271 g/mol. The largest absolute Gasteiger partial charge is 0.469 e. The Balaban J connectivity index is 1.97. The molecule has 1 fully saturated rings. The summed E-state index contributed by atoms with van der Waals surface area (Å²) in [7, 11) is 1.39. The van der Waals surface area contributed by atoms with Gasteiger partial charge in [0.25, 0.3) is 0 Å². The van der Waals surface area contributed by atoms with Crippen LogP contribution >= 0.6 is 11.6 Å². The van der Waals surface area contributed by atoms with E-state index in [4.69, 9.17) is 16.3 Å². The fourth-order valence-electron chi connectivity index (χ4n) is 2.23. The first kappa shape index (κ1) is 13.3. The predicted molar refractivity (Wildman–Crippen MR) is 66.8 cm³/mol. The second kappa shape index (κ2) is 5.67. The highest BCUT2D eigenvalue weighted by atomic mass is 35.5. The molecule has 0 saturated carbocycles. The van der Waals surface area contributed by atoms with Crippen LogP contribution < -0.4 is 0 Å². The number of carbonyl (C=O) groups excluding carboxylic acids is 1. The number of ether oxygens (including phenoxy) is 1. The molecule has 0 spiro atoms. The molecule has 1 aliphatic rings. The van der Waals surface area contributed by atoms with Crippen molar-refractivity contribution in [2.75, 3.05) is 20.2 Å². The fraction of sp³-hybridized carbons (Fsp3) is 0.462. The third-order valence-electron chi connectivity index (χ3n) is 3.22. The van der Waals surface area contributed by atoms with Crippen LogP contribution in [-0.4, -0.2) is 31.1 Å². The first-order chi connectivity index (χ1) is 8.60. The minimum atomic E-state index is -0.302. The van der Waals surface area contributed by atoms with E-state index in [2.05, 4.69) is 0 Å². The van der Waals surface area contributed by atoms with Crippen molar-refractivity contribution in [1.82, 2.24) is 4.90 Å². The Morgan fingerprint density at radius 1 is 1.61 bits per heavy atom. The van der Waals surface area contributed by atoms with Crippen LogP contribution in [0, 0.1) is 11.7 Å². The Hall–Kier alpha value is -1.13. The van der Waals surface area contributed by atoms with Gasteiger partial charge in [-0.3, -0.25) is 9.69 Å². The predicted octanol–water partition coefficient (Wildman–Crippen LogP) is 2.47. The summed E-state index contributed by atoms with van der Waals surface area (Å²) in [6, 6.07) is 4.67. The highest BCUT2D eigenvalue weighted by Gasteiger charge is 2.29. The summed E-state index contributed by atoms with van der Waals surface area (Å²) in [4.78, 5) is 13.4.